The summed E-state index contributed by atoms with van der Waals surface area (Å²) in [5, 5.41) is 16.1. The summed E-state index contributed by atoms with van der Waals surface area (Å²) in [6.45, 7) is 0. The van der Waals surface area contributed by atoms with Crippen LogP contribution < -0.4 is 0 Å². The number of non-ortho nitro benzene ring substituents is 1. The molecule has 1 aliphatic rings. The SMILES string of the molecule is O=[N+]([O-])c1ccc(-c2ccc(-c3ccc4c5c(cccc35)-c3c-4c(-c4ccccc4)c4ccccc4c3-c3ccccc3)cc2)cc1. The molecule has 0 unspecified atom stereocenters. The molecule has 0 aromatic heterocycles. The summed E-state index contributed by atoms with van der Waals surface area (Å²) in [6, 6.07) is 57.0. The Morgan fingerprint density at radius 1 is 0.340 bits per heavy atom. The van der Waals surface area contributed by atoms with Gasteiger partial charge in [0.05, 0.1) is 4.92 Å². The molecule has 8 aromatic carbocycles. The third-order valence-corrected chi connectivity index (χ3v) is 9.53. The van der Waals surface area contributed by atoms with E-state index < -0.39 is 0 Å². The number of benzene rings is 8. The van der Waals surface area contributed by atoms with Crippen molar-refractivity contribution in [1.29, 1.82) is 0 Å². The van der Waals surface area contributed by atoms with Crippen LogP contribution in [0.4, 0.5) is 5.69 Å². The molecule has 1 aliphatic carbocycles. The minimum Gasteiger partial charge on any atom is -0.258 e. The lowest BCUT2D eigenvalue weighted by Gasteiger charge is -2.20. The molecule has 8 aromatic rings. The Balaban J connectivity index is 1.29. The number of hydrogen-bond acceptors (Lipinski definition) is 2. The fraction of sp³-hybridized carbons (Fsp3) is 0. The van der Waals surface area contributed by atoms with E-state index in [9.17, 15) is 10.1 Å². The van der Waals surface area contributed by atoms with Crippen LogP contribution in [0.2, 0.25) is 0 Å². The Bertz CT molecular complexity index is 2410. The highest BCUT2D eigenvalue weighted by atomic mass is 16.6. The molecule has 0 amide bonds. The molecule has 0 saturated carbocycles. The number of hydrogen-bond donors (Lipinski definition) is 0. The molecule has 0 heterocycles. The Kier molecular flexibility index (Phi) is 6.12. The standard InChI is InChI=1S/C44H27NO2/c46-45(47)33-24-22-29(23-25-33)28-18-20-30(21-19-28)34-26-27-39-42-35(34)16-9-17-38(42)43-40(31-10-3-1-4-11-31)36-14-7-8-15-37(36)41(44(39)43)32-12-5-2-6-13-32/h1-27H. The van der Waals surface area contributed by atoms with Gasteiger partial charge in [-0.3, -0.25) is 10.1 Å². The van der Waals surface area contributed by atoms with E-state index in [4.69, 9.17) is 0 Å². The fourth-order valence-electron chi connectivity index (χ4n) is 7.48. The lowest BCUT2D eigenvalue weighted by atomic mass is 9.82. The van der Waals surface area contributed by atoms with Crippen LogP contribution >= 0.6 is 0 Å². The lowest BCUT2D eigenvalue weighted by Crippen LogP contribution is -1.93. The summed E-state index contributed by atoms with van der Waals surface area (Å²) in [5.41, 5.74) is 14.5. The summed E-state index contributed by atoms with van der Waals surface area (Å²) in [7, 11) is 0. The number of rotatable bonds is 5. The van der Waals surface area contributed by atoms with Crippen molar-refractivity contribution in [3.05, 3.63) is 174 Å². The van der Waals surface area contributed by atoms with Crippen LogP contribution in [-0.4, -0.2) is 4.92 Å². The minimum absolute atomic E-state index is 0.0954. The zero-order chi connectivity index (χ0) is 31.5. The fourth-order valence-corrected chi connectivity index (χ4v) is 7.48. The van der Waals surface area contributed by atoms with E-state index >= 15 is 0 Å². The Labute approximate surface area is 272 Å². The van der Waals surface area contributed by atoms with E-state index in [1.54, 1.807) is 12.1 Å². The molecule has 47 heavy (non-hydrogen) atoms. The van der Waals surface area contributed by atoms with Gasteiger partial charge in [-0.15, -0.1) is 0 Å². The van der Waals surface area contributed by atoms with Crippen molar-refractivity contribution in [1.82, 2.24) is 0 Å². The van der Waals surface area contributed by atoms with Crippen molar-refractivity contribution in [3.8, 4) is 66.8 Å². The van der Waals surface area contributed by atoms with Crippen molar-refractivity contribution in [3.63, 3.8) is 0 Å². The molecular formula is C44H27NO2. The summed E-state index contributed by atoms with van der Waals surface area (Å²) in [4.78, 5) is 10.8. The van der Waals surface area contributed by atoms with Crippen LogP contribution in [-0.2, 0) is 0 Å². The highest BCUT2D eigenvalue weighted by Crippen LogP contribution is 2.58. The minimum atomic E-state index is -0.366. The summed E-state index contributed by atoms with van der Waals surface area (Å²) in [6.07, 6.45) is 0. The molecule has 3 nitrogen and oxygen atoms in total. The maximum Gasteiger partial charge on any atom is 0.269 e. The van der Waals surface area contributed by atoms with E-state index in [0.717, 1.165) is 16.7 Å². The Hall–Kier alpha value is -6.32. The van der Waals surface area contributed by atoms with Crippen molar-refractivity contribution >= 4 is 27.2 Å². The number of nitro benzene ring substituents is 1. The molecule has 0 bridgehead atoms. The van der Waals surface area contributed by atoms with Gasteiger partial charge >= 0.3 is 0 Å². The Morgan fingerprint density at radius 3 is 1.34 bits per heavy atom. The molecule has 0 aliphatic heterocycles. The van der Waals surface area contributed by atoms with Gasteiger partial charge in [0.2, 0.25) is 0 Å². The van der Waals surface area contributed by atoms with Crippen LogP contribution in [0, 0.1) is 10.1 Å². The first-order chi connectivity index (χ1) is 23.2. The number of nitrogens with zero attached hydrogens (tertiary/aromatic N) is 1. The maximum atomic E-state index is 11.1. The van der Waals surface area contributed by atoms with Crippen LogP contribution in [0.1, 0.15) is 0 Å². The van der Waals surface area contributed by atoms with Crippen LogP contribution in [0.25, 0.3) is 88.3 Å². The second-order valence-electron chi connectivity index (χ2n) is 12.0. The first-order valence-corrected chi connectivity index (χ1v) is 15.8. The molecule has 3 heteroatoms. The van der Waals surface area contributed by atoms with E-state index in [1.165, 1.54) is 71.6 Å². The van der Waals surface area contributed by atoms with Crippen LogP contribution in [0.3, 0.4) is 0 Å². The number of fused-ring (bicyclic) bond motifs is 4. The molecule has 0 atom stereocenters. The van der Waals surface area contributed by atoms with Crippen molar-refractivity contribution in [2.75, 3.05) is 0 Å². The average Bonchev–Trinajstić information content (AvgIpc) is 3.46. The average molecular weight is 602 g/mol. The zero-order valence-corrected chi connectivity index (χ0v) is 25.4. The second kappa shape index (κ2) is 10.6. The highest BCUT2D eigenvalue weighted by molar-refractivity contribution is 6.28. The van der Waals surface area contributed by atoms with E-state index in [2.05, 4.69) is 140 Å². The van der Waals surface area contributed by atoms with Gasteiger partial charge in [-0.05, 0) is 100 Å². The van der Waals surface area contributed by atoms with Crippen molar-refractivity contribution in [2.45, 2.75) is 0 Å². The quantitative estimate of drug-likeness (QED) is 0.145. The molecule has 0 spiro atoms. The lowest BCUT2D eigenvalue weighted by molar-refractivity contribution is -0.384. The van der Waals surface area contributed by atoms with Gasteiger partial charge in [0, 0.05) is 12.1 Å². The molecule has 0 saturated heterocycles. The summed E-state index contributed by atoms with van der Waals surface area (Å²) >= 11 is 0. The third kappa shape index (κ3) is 4.21. The first-order valence-electron chi connectivity index (χ1n) is 15.8. The van der Waals surface area contributed by atoms with Crippen molar-refractivity contribution < 1.29 is 4.92 Å². The Morgan fingerprint density at radius 2 is 0.787 bits per heavy atom. The van der Waals surface area contributed by atoms with E-state index in [-0.39, 0.29) is 10.6 Å². The van der Waals surface area contributed by atoms with Gasteiger partial charge in [-0.2, -0.15) is 0 Å². The smallest absolute Gasteiger partial charge is 0.258 e. The highest BCUT2D eigenvalue weighted by Gasteiger charge is 2.31. The van der Waals surface area contributed by atoms with Gasteiger partial charge in [-0.1, -0.05) is 140 Å². The van der Waals surface area contributed by atoms with Gasteiger partial charge in [0.25, 0.3) is 5.69 Å². The molecule has 220 valence electrons. The molecule has 9 rings (SSSR count). The zero-order valence-electron chi connectivity index (χ0n) is 25.4. The normalized spacial score (nSPS) is 11.6. The maximum absolute atomic E-state index is 11.1. The summed E-state index contributed by atoms with van der Waals surface area (Å²) < 4.78 is 0. The van der Waals surface area contributed by atoms with Gasteiger partial charge < -0.3 is 0 Å². The van der Waals surface area contributed by atoms with Crippen molar-refractivity contribution in [2.24, 2.45) is 0 Å². The van der Waals surface area contributed by atoms with Crippen LogP contribution in [0.15, 0.2) is 164 Å². The van der Waals surface area contributed by atoms with E-state index in [1.807, 2.05) is 12.1 Å². The first kappa shape index (κ1) is 27.0. The predicted octanol–water partition coefficient (Wildman–Crippen LogP) is 12.2. The topological polar surface area (TPSA) is 43.1 Å². The molecule has 0 N–H and O–H groups in total. The van der Waals surface area contributed by atoms with Gasteiger partial charge in [0.15, 0.2) is 0 Å². The number of nitro groups is 1. The third-order valence-electron chi connectivity index (χ3n) is 9.53. The van der Waals surface area contributed by atoms with Gasteiger partial charge in [-0.25, -0.2) is 0 Å². The molecule has 0 radical (unpaired) electrons. The van der Waals surface area contributed by atoms with Gasteiger partial charge in [0.1, 0.15) is 0 Å². The molecule has 0 fully saturated rings. The van der Waals surface area contributed by atoms with E-state index in [0.29, 0.717) is 0 Å². The second-order valence-corrected chi connectivity index (χ2v) is 12.0. The predicted molar refractivity (Wildman–Crippen MR) is 194 cm³/mol. The summed E-state index contributed by atoms with van der Waals surface area (Å²) in [5.74, 6) is 0. The largest absolute Gasteiger partial charge is 0.269 e. The molecular weight excluding hydrogens is 574 g/mol. The van der Waals surface area contributed by atoms with Crippen LogP contribution in [0.5, 0.6) is 0 Å². The monoisotopic (exact) mass is 601 g/mol.